The van der Waals surface area contributed by atoms with Gasteiger partial charge >= 0.3 is 0 Å². The summed E-state index contributed by atoms with van der Waals surface area (Å²) in [7, 11) is 0. The molecule has 0 radical (unpaired) electrons. The quantitative estimate of drug-likeness (QED) is 0.662. The number of nitrogens with zero attached hydrogens (tertiary/aromatic N) is 1. The minimum absolute atomic E-state index is 0.00204. The van der Waals surface area contributed by atoms with Gasteiger partial charge in [0.2, 0.25) is 0 Å². The first kappa shape index (κ1) is 10.9. The van der Waals surface area contributed by atoms with Crippen LogP contribution in [0, 0.1) is 5.82 Å². The lowest BCUT2D eigenvalue weighted by atomic mass is 10.4. The first-order chi connectivity index (χ1) is 6.84. The first-order valence-corrected chi connectivity index (χ1v) is 4.37. The second-order valence-electron chi connectivity index (χ2n) is 2.60. The molecule has 0 aromatic carbocycles. The maximum absolute atomic E-state index is 13.0. The second-order valence-corrected chi connectivity index (χ2v) is 2.60. The SMILES string of the molecule is OCCOCCNc1ncccc1F. The fraction of sp³-hybridized carbons (Fsp3) is 0.444. The Morgan fingerprint density at radius 1 is 1.50 bits per heavy atom. The van der Waals surface area contributed by atoms with E-state index in [4.69, 9.17) is 9.84 Å². The molecule has 0 amide bonds. The molecule has 0 atom stereocenters. The summed E-state index contributed by atoms with van der Waals surface area (Å²) >= 11 is 0. The van der Waals surface area contributed by atoms with Crippen molar-refractivity contribution >= 4 is 5.82 Å². The fourth-order valence-electron chi connectivity index (χ4n) is 0.924. The number of rotatable bonds is 6. The van der Waals surface area contributed by atoms with Gasteiger partial charge in [0.05, 0.1) is 19.8 Å². The van der Waals surface area contributed by atoms with Gasteiger partial charge in [-0.25, -0.2) is 9.37 Å². The molecule has 5 heteroatoms. The highest BCUT2D eigenvalue weighted by atomic mass is 19.1. The van der Waals surface area contributed by atoms with Gasteiger partial charge in [-0.2, -0.15) is 0 Å². The zero-order valence-electron chi connectivity index (χ0n) is 7.74. The van der Waals surface area contributed by atoms with Crippen LogP contribution in [0.2, 0.25) is 0 Å². The number of aliphatic hydroxyl groups excluding tert-OH is 1. The van der Waals surface area contributed by atoms with Crippen LogP contribution in [0.3, 0.4) is 0 Å². The number of hydrogen-bond donors (Lipinski definition) is 2. The van der Waals surface area contributed by atoms with Crippen LogP contribution in [-0.4, -0.2) is 36.5 Å². The summed E-state index contributed by atoms with van der Waals surface area (Å²) in [6.07, 6.45) is 1.51. The lowest BCUT2D eigenvalue weighted by Gasteiger charge is -2.05. The maximum atomic E-state index is 13.0. The molecule has 0 spiro atoms. The Morgan fingerprint density at radius 3 is 3.07 bits per heavy atom. The minimum atomic E-state index is -0.380. The molecule has 4 nitrogen and oxygen atoms in total. The third kappa shape index (κ3) is 3.68. The van der Waals surface area contributed by atoms with E-state index in [1.54, 1.807) is 0 Å². The molecule has 0 bridgehead atoms. The first-order valence-electron chi connectivity index (χ1n) is 4.37. The average molecular weight is 200 g/mol. The number of halogens is 1. The largest absolute Gasteiger partial charge is 0.394 e. The van der Waals surface area contributed by atoms with Crippen molar-refractivity contribution < 1.29 is 14.2 Å². The summed E-state index contributed by atoms with van der Waals surface area (Å²) in [5, 5.41) is 11.2. The van der Waals surface area contributed by atoms with Crippen molar-refractivity contribution in [2.75, 3.05) is 31.7 Å². The predicted octanol–water partition coefficient (Wildman–Crippen LogP) is 0.641. The normalized spacial score (nSPS) is 10.1. The average Bonchev–Trinajstić information content (AvgIpc) is 2.20. The molecule has 0 aliphatic carbocycles. The molecule has 0 saturated heterocycles. The van der Waals surface area contributed by atoms with Crippen LogP contribution in [0.1, 0.15) is 0 Å². The maximum Gasteiger partial charge on any atom is 0.165 e. The Balaban J connectivity index is 2.21. The standard InChI is InChI=1S/C9H13FN2O2/c10-8-2-1-3-11-9(8)12-4-6-14-7-5-13/h1-3,13H,4-7H2,(H,11,12). The van der Waals surface area contributed by atoms with Crippen LogP contribution in [0.5, 0.6) is 0 Å². The molecule has 1 aromatic heterocycles. The van der Waals surface area contributed by atoms with Crippen molar-refractivity contribution in [2.24, 2.45) is 0 Å². The second kappa shape index (κ2) is 6.28. The number of hydrogen-bond acceptors (Lipinski definition) is 4. The number of nitrogens with one attached hydrogen (secondary N) is 1. The highest BCUT2D eigenvalue weighted by Crippen LogP contribution is 2.07. The van der Waals surface area contributed by atoms with Crippen LogP contribution in [0.15, 0.2) is 18.3 Å². The van der Waals surface area contributed by atoms with Crippen LogP contribution >= 0.6 is 0 Å². The molecule has 0 fully saturated rings. The molecule has 0 aliphatic heterocycles. The van der Waals surface area contributed by atoms with Crippen molar-refractivity contribution in [3.05, 3.63) is 24.1 Å². The van der Waals surface area contributed by atoms with Crippen molar-refractivity contribution in [3.63, 3.8) is 0 Å². The summed E-state index contributed by atoms with van der Waals surface area (Å²) in [5.74, 6) is -0.158. The van der Waals surface area contributed by atoms with Gasteiger partial charge in [0.25, 0.3) is 0 Å². The van der Waals surface area contributed by atoms with E-state index in [0.717, 1.165) is 0 Å². The summed E-state index contributed by atoms with van der Waals surface area (Å²) < 4.78 is 17.9. The molecule has 1 rings (SSSR count). The summed E-state index contributed by atoms with van der Waals surface area (Å²) in [6, 6.07) is 2.87. The minimum Gasteiger partial charge on any atom is -0.394 e. The third-order valence-electron chi connectivity index (χ3n) is 1.53. The van der Waals surface area contributed by atoms with Crippen LogP contribution in [0.25, 0.3) is 0 Å². The number of anilines is 1. The molecule has 1 aromatic rings. The Labute approximate surface area is 81.7 Å². The Kier molecular flexibility index (Phi) is 4.88. The van der Waals surface area contributed by atoms with Gasteiger partial charge in [-0.1, -0.05) is 0 Å². The van der Waals surface area contributed by atoms with Gasteiger partial charge in [0, 0.05) is 12.7 Å². The molecule has 14 heavy (non-hydrogen) atoms. The fourth-order valence-corrected chi connectivity index (χ4v) is 0.924. The predicted molar refractivity (Wildman–Crippen MR) is 50.6 cm³/mol. The van der Waals surface area contributed by atoms with E-state index in [1.165, 1.54) is 18.3 Å². The zero-order valence-corrected chi connectivity index (χ0v) is 7.74. The van der Waals surface area contributed by atoms with Gasteiger partial charge in [0.1, 0.15) is 0 Å². The molecule has 0 unspecified atom stereocenters. The Bertz CT molecular complexity index is 271. The van der Waals surface area contributed by atoms with Crippen molar-refractivity contribution in [1.29, 1.82) is 0 Å². The molecule has 2 N–H and O–H groups in total. The number of ether oxygens (including phenoxy) is 1. The van der Waals surface area contributed by atoms with E-state index in [9.17, 15) is 4.39 Å². The van der Waals surface area contributed by atoms with Gasteiger partial charge < -0.3 is 15.2 Å². The van der Waals surface area contributed by atoms with Crippen molar-refractivity contribution in [3.8, 4) is 0 Å². The smallest absolute Gasteiger partial charge is 0.165 e. The van der Waals surface area contributed by atoms with Gasteiger partial charge in [-0.15, -0.1) is 0 Å². The van der Waals surface area contributed by atoms with E-state index < -0.39 is 0 Å². The molecule has 0 aliphatic rings. The van der Waals surface area contributed by atoms with Gasteiger partial charge in [-0.05, 0) is 12.1 Å². The van der Waals surface area contributed by atoms with Gasteiger partial charge in [-0.3, -0.25) is 0 Å². The third-order valence-corrected chi connectivity index (χ3v) is 1.53. The topological polar surface area (TPSA) is 54.4 Å². The lowest BCUT2D eigenvalue weighted by molar-refractivity contribution is 0.0991. The van der Waals surface area contributed by atoms with Crippen LogP contribution < -0.4 is 5.32 Å². The summed E-state index contributed by atoms with van der Waals surface area (Å²) in [5.41, 5.74) is 0. The number of aliphatic hydroxyl groups is 1. The Morgan fingerprint density at radius 2 is 2.36 bits per heavy atom. The van der Waals surface area contributed by atoms with E-state index >= 15 is 0 Å². The highest BCUT2D eigenvalue weighted by Gasteiger charge is 1.99. The Hall–Kier alpha value is -1.20. The van der Waals surface area contributed by atoms with Crippen molar-refractivity contribution in [2.45, 2.75) is 0 Å². The molecule has 1 heterocycles. The van der Waals surface area contributed by atoms with Gasteiger partial charge in [0.15, 0.2) is 11.6 Å². The van der Waals surface area contributed by atoms with Crippen molar-refractivity contribution in [1.82, 2.24) is 4.98 Å². The monoisotopic (exact) mass is 200 g/mol. The molecule has 78 valence electrons. The van der Waals surface area contributed by atoms with E-state index in [-0.39, 0.29) is 18.2 Å². The molecular formula is C9H13FN2O2. The molecular weight excluding hydrogens is 187 g/mol. The van der Waals surface area contributed by atoms with Crippen LogP contribution in [0.4, 0.5) is 10.2 Å². The molecule has 0 saturated carbocycles. The highest BCUT2D eigenvalue weighted by molar-refractivity contribution is 5.35. The van der Waals surface area contributed by atoms with Crippen LogP contribution in [-0.2, 0) is 4.74 Å². The number of aromatic nitrogens is 1. The number of pyridine rings is 1. The zero-order chi connectivity index (χ0) is 10.2. The summed E-state index contributed by atoms with van der Waals surface area (Å²) in [6.45, 7) is 1.18. The van der Waals surface area contributed by atoms with E-state index in [2.05, 4.69) is 10.3 Å². The summed E-state index contributed by atoms with van der Waals surface area (Å²) in [4.78, 5) is 3.81. The van der Waals surface area contributed by atoms with E-state index in [1.807, 2.05) is 0 Å². The lowest BCUT2D eigenvalue weighted by Crippen LogP contribution is -2.12. The van der Waals surface area contributed by atoms with E-state index in [0.29, 0.717) is 19.8 Å².